The third-order valence-electron chi connectivity index (χ3n) is 3.70. The Morgan fingerprint density at radius 2 is 2.42 bits per heavy atom. The van der Waals surface area contributed by atoms with E-state index in [9.17, 15) is 0 Å². The fraction of sp³-hybridized carbons (Fsp3) is 0.583. The topological polar surface area (TPSA) is 95.8 Å². The van der Waals surface area contributed by atoms with E-state index in [1.807, 2.05) is 0 Å². The van der Waals surface area contributed by atoms with Crippen molar-refractivity contribution in [3.8, 4) is 0 Å². The van der Waals surface area contributed by atoms with Crippen LogP contribution in [0.3, 0.4) is 0 Å². The van der Waals surface area contributed by atoms with E-state index in [1.165, 1.54) is 19.3 Å². The lowest BCUT2D eigenvalue weighted by Crippen LogP contribution is -2.22. The van der Waals surface area contributed by atoms with Gasteiger partial charge in [0.15, 0.2) is 5.65 Å². The largest absolute Gasteiger partial charge is 0.356 e. The van der Waals surface area contributed by atoms with Gasteiger partial charge in [-0.1, -0.05) is 13.3 Å². The van der Waals surface area contributed by atoms with Crippen LogP contribution in [0.1, 0.15) is 26.2 Å². The first-order valence-corrected chi connectivity index (χ1v) is 6.74. The second-order valence-corrected chi connectivity index (χ2v) is 5.04. The van der Waals surface area contributed by atoms with Crippen molar-refractivity contribution in [2.24, 2.45) is 11.8 Å². The van der Waals surface area contributed by atoms with E-state index >= 15 is 0 Å². The van der Waals surface area contributed by atoms with Crippen molar-refractivity contribution in [3.63, 3.8) is 0 Å². The Balaban J connectivity index is 1.93. The lowest BCUT2D eigenvalue weighted by Gasteiger charge is -2.18. The van der Waals surface area contributed by atoms with E-state index in [4.69, 9.17) is 5.84 Å². The number of fused-ring (bicyclic) bond motifs is 1. The normalized spacial score (nSPS) is 19.3. The number of hydrogen-bond donors (Lipinski definition) is 3. The van der Waals surface area contributed by atoms with Crippen LogP contribution in [0.4, 0.5) is 11.8 Å². The highest BCUT2D eigenvalue weighted by atomic mass is 15.3. The predicted octanol–water partition coefficient (Wildman–Crippen LogP) is 1.26. The molecule has 2 aromatic rings. The molecule has 19 heavy (non-hydrogen) atoms. The number of H-pyrrole nitrogens is 1. The Bertz CT molecular complexity index is 564. The molecule has 0 bridgehead atoms. The standard InChI is InChI=1S/C12H19N7/c1-2-3-8-4-5-19(7-8)11-9-6-14-18-10(9)15-12(16-11)17-13/h6,8H,2-5,7,13H2,1H3,(H2,14,15,16,17,18). The maximum absolute atomic E-state index is 5.42. The fourth-order valence-electron chi connectivity index (χ4n) is 2.79. The van der Waals surface area contributed by atoms with Crippen molar-refractivity contribution in [1.29, 1.82) is 0 Å². The minimum atomic E-state index is 0.422. The molecule has 1 aliphatic heterocycles. The molecule has 7 nitrogen and oxygen atoms in total. The van der Waals surface area contributed by atoms with Crippen molar-refractivity contribution in [2.75, 3.05) is 23.4 Å². The quantitative estimate of drug-likeness (QED) is 0.566. The number of nitrogens with zero attached hydrogens (tertiary/aromatic N) is 4. The molecule has 3 rings (SSSR count). The summed E-state index contributed by atoms with van der Waals surface area (Å²) < 4.78 is 0. The average molecular weight is 261 g/mol. The Morgan fingerprint density at radius 1 is 1.53 bits per heavy atom. The van der Waals surface area contributed by atoms with Crippen molar-refractivity contribution >= 4 is 22.8 Å². The third kappa shape index (κ3) is 2.21. The lowest BCUT2D eigenvalue weighted by atomic mass is 10.0. The van der Waals surface area contributed by atoms with Crippen LogP contribution in [-0.4, -0.2) is 33.3 Å². The summed E-state index contributed by atoms with van der Waals surface area (Å²) in [5.74, 6) is 7.53. The van der Waals surface area contributed by atoms with Crippen LogP contribution in [-0.2, 0) is 0 Å². The molecular weight excluding hydrogens is 242 g/mol. The summed E-state index contributed by atoms with van der Waals surface area (Å²) in [4.78, 5) is 11.0. The summed E-state index contributed by atoms with van der Waals surface area (Å²) in [5.41, 5.74) is 3.23. The number of nitrogens with one attached hydrogen (secondary N) is 2. The summed E-state index contributed by atoms with van der Waals surface area (Å²) in [7, 11) is 0. The van der Waals surface area contributed by atoms with E-state index in [0.717, 1.165) is 35.9 Å². The lowest BCUT2D eigenvalue weighted by molar-refractivity contribution is 0.529. The first kappa shape index (κ1) is 12.2. The Labute approximate surface area is 111 Å². The van der Waals surface area contributed by atoms with E-state index < -0.39 is 0 Å². The molecule has 0 radical (unpaired) electrons. The number of aromatic nitrogens is 4. The van der Waals surface area contributed by atoms with Gasteiger partial charge in [-0.3, -0.25) is 10.5 Å². The van der Waals surface area contributed by atoms with Gasteiger partial charge >= 0.3 is 0 Å². The molecule has 1 atom stereocenters. The van der Waals surface area contributed by atoms with Crippen LogP contribution >= 0.6 is 0 Å². The molecule has 102 valence electrons. The molecule has 0 aromatic carbocycles. The van der Waals surface area contributed by atoms with Crippen molar-refractivity contribution < 1.29 is 0 Å². The van der Waals surface area contributed by atoms with Gasteiger partial charge in [-0.05, 0) is 18.8 Å². The predicted molar refractivity (Wildman–Crippen MR) is 74.7 cm³/mol. The van der Waals surface area contributed by atoms with Gasteiger partial charge in [0.25, 0.3) is 0 Å². The number of nitrogens with two attached hydrogens (primary N) is 1. The monoisotopic (exact) mass is 261 g/mol. The molecule has 0 saturated carbocycles. The van der Waals surface area contributed by atoms with E-state index in [-0.39, 0.29) is 0 Å². The second kappa shape index (κ2) is 5.00. The van der Waals surface area contributed by atoms with Gasteiger partial charge in [0.1, 0.15) is 5.82 Å². The maximum Gasteiger partial charge on any atom is 0.241 e. The van der Waals surface area contributed by atoms with Crippen LogP contribution < -0.4 is 16.2 Å². The summed E-state index contributed by atoms with van der Waals surface area (Å²) in [6.07, 6.45) is 5.51. The molecule has 0 aliphatic carbocycles. The summed E-state index contributed by atoms with van der Waals surface area (Å²) >= 11 is 0. The van der Waals surface area contributed by atoms with Crippen LogP contribution in [0.15, 0.2) is 6.20 Å². The highest BCUT2D eigenvalue weighted by Crippen LogP contribution is 2.30. The zero-order chi connectivity index (χ0) is 13.2. The Morgan fingerprint density at radius 3 is 3.21 bits per heavy atom. The molecule has 3 heterocycles. The Hall–Kier alpha value is -1.89. The highest BCUT2D eigenvalue weighted by Gasteiger charge is 2.25. The molecule has 7 heteroatoms. The van der Waals surface area contributed by atoms with Crippen molar-refractivity contribution in [3.05, 3.63) is 6.20 Å². The van der Waals surface area contributed by atoms with Crippen LogP contribution in [0, 0.1) is 5.92 Å². The number of aromatic amines is 1. The van der Waals surface area contributed by atoms with Crippen LogP contribution in [0.2, 0.25) is 0 Å². The molecule has 0 spiro atoms. The van der Waals surface area contributed by atoms with E-state index in [0.29, 0.717) is 5.95 Å². The molecule has 1 fully saturated rings. The zero-order valence-corrected chi connectivity index (χ0v) is 11.1. The van der Waals surface area contributed by atoms with Crippen molar-refractivity contribution in [1.82, 2.24) is 20.2 Å². The van der Waals surface area contributed by atoms with Crippen LogP contribution in [0.5, 0.6) is 0 Å². The van der Waals surface area contributed by atoms with E-state index in [1.54, 1.807) is 6.20 Å². The molecule has 1 saturated heterocycles. The number of anilines is 2. The van der Waals surface area contributed by atoms with Crippen molar-refractivity contribution in [2.45, 2.75) is 26.2 Å². The van der Waals surface area contributed by atoms with Gasteiger partial charge < -0.3 is 4.90 Å². The zero-order valence-electron chi connectivity index (χ0n) is 11.1. The number of hydrogen-bond acceptors (Lipinski definition) is 6. The Kier molecular flexibility index (Phi) is 3.20. The maximum atomic E-state index is 5.42. The van der Waals surface area contributed by atoms with Gasteiger partial charge in [0, 0.05) is 13.1 Å². The highest BCUT2D eigenvalue weighted by molar-refractivity contribution is 5.87. The van der Waals surface area contributed by atoms with E-state index in [2.05, 4.69) is 37.4 Å². The van der Waals surface area contributed by atoms with Crippen LogP contribution in [0.25, 0.3) is 11.0 Å². The third-order valence-corrected chi connectivity index (χ3v) is 3.70. The minimum absolute atomic E-state index is 0.422. The van der Waals surface area contributed by atoms with Gasteiger partial charge in [-0.15, -0.1) is 0 Å². The van der Waals surface area contributed by atoms with Gasteiger partial charge in [-0.25, -0.2) is 5.84 Å². The first-order chi connectivity index (χ1) is 9.31. The average Bonchev–Trinajstić information content (AvgIpc) is 3.06. The molecule has 4 N–H and O–H groups in total. The van der Waals surface area contributed by atoms with Gasteiger partial charge in [0.2, 0.25) is 5.95 Å². The molecule has 1 unspecified atom stereocenters. The summed E-state index contributed by atoms with van der Waals surface area (Å²) in [6.45, 7) is 4.32. The van der Waals surface area contributed by atoms with Gasteiger partial charge in [0.05, 0.1) is 11.6 Å². The SMILES string of the molecule is CCCC1CCN(c2nc(NN)nc3[nH]ncc23)C1. The molecule has 0 amide bonds. The molecule has 1 aliphatic rings. The summed E-state index contributed by atoms with van der Waals surface area (Å²) in [5, 5.41) is 7.87. The number of rotatable bonds is 4. The van der Waals surface area contributed by atoms with Gasteiger partial charge in [-0.2, -0.15) is 15.1 Å². The summed E-state index contributed by atoms with van der Waals surface area (Å²) in [6, 6.07) is 0. The number of hydrazine groups is 1. The smallest absolute Gasteiger partial charge is 0.241 e. The molecule has 2 aromatic heterocycles. The number of nitrogen functional groups attached to an aromatic ring is 1. The first-order valence-electron chi connectivity index (χ1n) is 6.74. The second-order valence-electron chi connectivity index (χ2n) is 5.04. The fourth-order valence-corrected chi connectivity index (χ4v) is 2.79. The minimum Gasteiger partial charge on any atom is -0.356 e. The molecular formula is C12H19N7.